The summed E-state index contributed by atoms with van der Waals surface area (Å²) < 4.78 is 1.95. The minimum absolute atomic E-state index is 0.203. The number of hydrogen-bond acceptors (Lipinski definition) is 4. The van der Waals surface area contributed by atoms with Crippen molar-refractivity contribution in [2.75, 3.05) is 0 Å². The van der Waals surface area contributed by atoms with Gasteiger partial charge < -0.3 is 5.11 Å². The Labute approximate surface area is 144 Å². The number of phenolic OH excluding ortho intramolecular Hbond substituents is 1. The Balaban J connectivity index is 1.87. The molecular formula is C20H16N4O. The van der Waals surface area contributed by atoms with Gasteiger partial charge in [0.05, 0.1) is 5.69 Å². The maximum absolute atomic E-state index is 9.39. The highest BCUT2D eigenvalue weighted by atomic mass is 16.3. The van der Waals surface area contributed by atoms with Crippen molar-refractivity contribution in [3.05, 3.63) is 78.5 Å². The van der Waals surface area contributed by atoms with Gasteiger partial charge in [-0.25, -0.2) is 4.98 Å². The topological polar surface area (TPSA) is 62.2 Å². The van der Waals surface area contributed by atoms with E-state index < -0.39 is 0 Å². The molecule has 2 heterocycles. The van der Waals surface area contributed by atoms with Crippen LogP contribution in [-0.2, 0) is 0 Å². The summed E-state index contributed by atoms with van der Waals surface area (Å²) in [5.74, 6) is 0.882. The molecule has 0 radical (unpaired) electrons. The van der Waals surface area contributed by atoms with E-state index in [1.54, 1.807) is 24.3 Å². The third-order valence-corrected chi connectivity index (χ3v) is 3.90. The predicted molar refractivity (Wildman–Crippen MR) is 97.6 cm³/mol. The molecule has 5 heteroatoms. The van der Waals surface area contributed by atoms with E-state index in [-0.39, 0.29) is 5.75 Å². The van der Waals surface area contributed by atoms with E-state index in [1.807, 2.05) is 60.0 Å². The summed E-state index contributed by atoms with van der Waals surface area (Å²) >= 11 is 0. The fraction of sp³-hybridized carbons (Fsp3) is 0.0500. The third-order valence-electron chi connectivity index (χ3n) is 3.90. The van der Waals surface area contributed by atoms with Gasteiger partial charge in [0.1, 0.15) is 17.1 Å². The lowest BCUT2D eigenvalue weighted by molar-refractivity contribution is 0.475. The Morgan fingerprint density at radius 2 is 1.64 bits per heavy atom. The molecule has 122 valence electrons. The molecule has 0 unspecified atom stereocenters. The van der Waals surface area contributed by atoms with Crippen LogP contribution in [0.5, 0.6) is 5.75 Å². The second-order valence-corrected chi connectivity index (χ2v) is 5.80. The van der Waals surface area contributed by atoms with Crippen molar-refractivity contribution >= 4 is 17.2 Å². The van der Waals surface area contributed by atoms with Crippen LogP contribution in [0.3, 0.4) is 0 Å². The van der Waals surface area contributed by atoms with Gasteiger partial charge >= 0.3 is 0 Å². The van der Waals surface area contributed by atoms with Crippen LogP contribution in [0.2, 0.25) is 0 Å². The summed E-state index contributed by atoms with van der Waals surface area (Å²) in [5, 5.41) is 18.2. The van der Waals surface area contributed by atoms with Crippen LogP contribution in [0.15, 0.2) is 83.2 Å². The number of rotatable bonds is 3. The lowest BCUT2D eigenvalue weighted by Crippen LogP contribution is -1.84. The van der Waals surface area contributed by atoms with Crippen molar-refractivity contribution in [1.82, 2.24) is 9.38 Å². The van der Waals surface area contributed by atoms with Crippen LogP contribution >= 0.6 is 0 Å². The zero-order valence-corrected chi connectivity index (χ0v) is 13.7. The molecule has 4 aromatic rings. The van der Waals surface area contributed by atoms with Crippen LogP contribution in [0.1, 0.15) is 5.56 Å². The molecule has 0 saturated heterocycles. The fourth-order valence-corrected chi connectivity index (χ4v) is 2.65. The van der Waals surface area contributed by atoms with Crippen molar-refractivity contribution < 1.29 is 5.11 Å². The minimum Gasteiger partial charge on any atom is -0.508 e. The van der Waals surface area contributed by atoms with Gasteiger partial charge in [0.15, 0.2) is 5.82 Å². The number of imidazole rings is 1. The van der Waals surface area contributed by atoms with Gasteiger partial charge in [-0.2, -0.15) is 0 Å². The SMILES string of the molecule is Cc1ccc2nc(-c3ccccc3)c(N=Nc3ccc(O)cc3)n2c1. The molecule has 4 rings (SSSR count). The summed E-state index contributed by atoms with van der Waals surface area (Å²) in [5.41, 5.74) is 4.38. The highest BCUT2D eigenvalue weighted by Crippen LogP contribution is 2.32. The van der Waals surface area contributed by atoms with Crippen LogP contribution in [-0.4, -0.2) is 14.5 Å². The molecule has 0 aliphatic rings. The third kappa shape index (κ3) is 2.99. The molecular weight excluding hydrogens is 312 g/mol. The molecule has 0 aliphatic carbocycles. The van der Waals surface area contributed by atoms with E-state index in [2.05, 4.69) is 10.2 Å². The molecule has 0 aliphatic heterocycles. The van der Waals surface area contributed by atoms with E-state index in [9.17, 15) is 5.11 Å². The Morgan fingerprint density at radius 3 is 2.40 bits per heavy atom. The predicted octanol–water partition coefficient (Wildman–Crippen LogP) is 5.43. The number of benzene rings is 2. The second-order valence-electron chi connectivity index (χ2n) is 5.80. The van der Waals surface area contributed by atoms with Gasteiger partial charge in [-0.3, -0.25) is 4.40 Å². The van der Waals surface area contributed by atoms with E-state index >= 15 is 0 Å². The maximum atomic E-state index is 9.39. The van der Waals surface area contributed by atoms with Crippen LogP contribution < -0.4 is 0 Å². The van der Waals surface area contributed by atoms with Crippen molar-refractivity contribution in [2.24, 2.45) is 10.2 Å². The highest BCUT2D eigenvalue weighted by molar-refractivity contribution is 5.74. The summed E-state index contributed by atoms with van der Waals surface area (Å²) in [4.78, 5) is 4.72. The number of aromatic nitrogens is 2. The Morgan fingerprint density at radius 1 is 0.880 bits per heavy atom. The average molecular weight is 328 g/mol. The van der Waals surface area contributed by atoms with Crippen molar-refractivity contribution in [1.29, 1.82) is 0 Å². The summed E-state index contributed by atoms with van der Waals surface area (Å²) in [6.07, 6.45) is 2.00. The van der Waals surface area contributed by atoms with Crippen molar-refractivity contribution in [2.45, 2.75) is 6.92 Å². The second kappa shape index (κ2) is 6.20. The molecule has 0 saturated carbocycles. The van der Waals surface area contributed by atoms with E-state index in [0.29, 0.717) is 11.5 Å². The molecule has 25 heavy (non-hydrogen) atoms. The first-order valence-electron chi connectivity index (χ1n) is 7.95. The molecule has 2 aromatic heterocycles. The molecule has 0 fully saturated rings. The number of aryl methyl sites for hydroxylation is 1. The number of fused-ring (bicyclic) bond motifs is 1. The van der Waals surface area contributed by atoms with Gasteiger partial charge in [0.2, 0.25) is 0 Å². The number of azo groups is 1. The first-order valence-corrected chi connectivity index (χ1v) is 7.95. The zero-order chi connectivity index (χ0) is 17.2. The summed E-state index contributed by atoms with van der Waals surface area (Å²) in [6, 6.07) is 20.6. The minimum atomic E-state index is 0.203. The number of aromatic hydroxyl groups is 1. The first-order chi connectivity index (χ1) is 12.2. The zero-order valence-electron chi connectivity index (χ0n) is 13.7. The van der Waals surface area contributed by atoms with Gasteiger partial charge in [-0.1, -0.05) is 36.4 Å². The standard InChI is InChI=1S/C20H16N4O/c1-14-7-12-18-21-19(15-5-3-2-4-6-15)20(24(18)13-14)23-22-16-8-10-17(25)11-9-16/h2-13,25H,1H3. The van der Waals surface area contributed by atoms with Crippen LogP contribution in [0, 0.1) is 6.92 Å². The van der Waals surface area contributed by atoms with Gasteiger partial charge in [0, 0.05) is 11.8 Å². The molecule has 0 atom stereocenters. The van der Waals surface area contributed by atoms with E-state index in [1.165, 1.54) is 0 Å². The monoisotopic (exact) mass is 328 g/mol. The normalized spacial score (nSPS) is 11.4. The lowest BCUT2D eigenvalue weighted by Gasteiger charge is -2.00. The maximum Gasteiger partial charge on any atom is 0.187 e. The lowest BCUT2D eigenvalue weighted by atomic mass is 10.1. The molecule has 0 bridgehead atoms. The van der Waals surface area contributed by atoms with Crippen molar-refractivity contribution in [3.8, 4) is 17.0 Å². The molecule has 2 aromatic carbocycles. The Bertz CT molecular complexity index is 1050. The molecule has 5 nitrogen and oxygen atoms in total. The van der Waals surface area contributed by atoms with Crippen LogP contribution in [0.25, 0.3) is 16.9 Å². The highest BCUT2D eigenvalue weighted by Gasteiger charge is 2.13. The molecule has 0 amide bonds. The Kier molecular flexibility index (Phi) is 3.74. The van der Waals surface area contributed by atoms with Crippen molar-refractivity contribution in [3.63, 3.8) is 0 Å². The summed E-state index contributed by atoms with van der Waals surface area (Å²) in [6.45, 7) is 2.03. The quantitative estimate of drug-likeness (QED) is 0.510. The van der Waals surface area contributed by atoms with E-state index in [0.717, 1.165) is 22.5 Å². The summed E-state index contributed by atoms with van der Waals surface area (Å²) in [7, 11) is 0. The molecule has 0 spiro atoms. The number of nitrogens with zero attached hydrogens (tertiary/aromatic N) is 4. The average Bonchev–Trinajstić information content (AvgIpc) is 3.00. The number of phenols is 1. The molecule has 1 N–H and O–H groups in total. The van der Waals surface area contributed by atoms with Crippen LogP contribution in [0.4, 0.5) is 11.5 Å². The number of hydrogen-bond donors (Lipinski definition) is 1. The largest absolute Gasteiger partial charge is 0.508 e. The van der Waals surface area contributed by atoms with Gasteiger partial charge in [-0.15, -0.1) is 10.2 Å². The first kappa shape index (κ1) is 15.1. The number of pyridine rings is 1. The van der Waals surface area contributed by atoms with E-state index in [4.69, 9.17) is 4.98 Å². The van der Waals surface area contributed by atoms with Gasteiger partial charge in [0.25, 0.3) is 0 Å². The smallest absolute Gasteiger partial charge is 0.187 e. The van der Waals surface area contributed by atoms with Gasteiger partial charge in [-0.05, 0) is 42.8 Å². The Hall–Kier alpha value is -3.47. The fourth-order valence-electron chi connectivity index (χ4n) is 2.65.